The van der Waals surface area contributed by atoms with Gasteiger partial charge in [-0.3, -0.25) is 19.2 Å². The van der Waals surface area contributed by atoms with E-state index in [-0.39, 0.29) is 46.3 Å². The third kappa shape index (κ3) is 9.38. The van der Waals surface area contributed by atoms with Crippen LogP contribution < -0.4 is 21.3 Å². The van der Waals surface area contributed by atoms with E-state index in [9.17, 15) is 24.0 Å². The normalized spacial score (nSPS) is 18.2. The lowest BCUT2D eigenvalue weighted by atomic mass is 9.94. The van der Waals surface area contributed by atoms with Crippen molar-refractivity contribution >= 4 is 52.8 Å². The van der Waals surface area contributed by atoms with E-state index in [0.717, 1.165) is 25.0 Å². The van der Waals surface area contributed by atoms with Gasteiger partial charge in [0, 0.05) is 39.7 Å². The summed E-state index contributed by atoms with van der Waals surface area (Å²) in [5.41, 5.74) is -0.629. The van der Waals surface area contributed by atoms with Gasteiger partial charge in [-0.15, -0.1) is 0 Å². The number of Topliss-reactive ketones (excluding diaryl/α,β-unsaturated/α-hetero) is 1. The molecule has 4 amide bonds. The maximum atomic E-state index is 15.9. The molecule has 1 aliphatic carbocycles. The summed E-state index contributed by atoms with van der Waals surface area (Å²) in [7, 11) is 0. The molecule has 14 heteroatoms. The van der Waals surface area contributed by atoms with E-state index < -0.39 is 59.3 Å². The van der Waals surface area contributed by atoms with Gasteiger partial charge < -0.3 is 26.0 Å². The second kappa shape index (κ2) is 15.2. The van der Waals surface area contributed by atoms with Crippen LogP contribution in [0.15, 0.2) is 48.5 Å². The third-order valence-corrected chi connectivity index (χ3v) is 8.15. The summed E-state index contributed by atoms with van der Waals surface area (Å²) in [5, 5.41) is 10.3. The number of benzene rings is 2. The Labute approximate surface area is 275 Å². The van der Waals surface area contributed by atoms with E-state index in [1.54, 1.807) is 13.8 Å². The van der Waals surface area contributed by atoms with Crippen LogP contribution in [0.2, 0.25) is 10.0 Å². The number of nitrogens with one attached hydrogen (secondary N) is 4. The fraction of sp³-hybridized carbons (Fsp3) is 0.469. The molecule has 46 heavy (non-hydrogen) atoms. The molecule has 1 saturated carbocycles. The Bertz CT molecular complexity index is 1470. The molecular weight excluding hydrogens is 645 g/mol. The predicted octanol–water partition coefficient (Wildman–Crippen LogP) is 4.83. The van der Waals surface area contributed by atoms with Gasteiger partial charge in [-0.1, -0.05) is 61.3 Å². The van der Waals surface area contributed by atoms with Gasteiger partial charge in [-0.25, -0.2) is 4.79 Å². The molecule has 2 aliphatic rings. The topological polar surface area (TPSA) is 143 Å². The van der Waals surface area contributed by atoms with Crippen LogP contribution in [0.1, 0.15) is 63.2 Å². The maximum absolute atomic E-state index is 15.9. The first kappa shape index (κ1) is 35.1. The number of alkyl halides is 2. The molecule has 1 aliphatic heterocycles. The number of ketones is 1. The van der Waals surface area contributed by atoms with Crippen molar-refractivity contribution in [1.29, 1.82) is 0 Å². The SMILES string of the molecule is CC(C)CC(NC(=O)OC(c1cccc(Cl)c1)C(F)(F)c1cccc(Cl)c1)C(=O)NC(CC1CCNC1=O)C(=O)C(=O)NC1CC1. The van der Waals surface area contributed by atoms with Gasteiger partial charge in [0.25, 0.3) is 5.91 Å². The molecule has 2 aromatic carbocycles. The van der Waals surface area contributed by atoms with Crippen molar-refractivity contribution in [3.8, 4) is 0 Å². The minimum absolute atomic E-state index is 0.0343. The number of rotatable bonds is 14. The number of carbonyl (C=O) groups excluding carboxylic acids is 5. The van der Waals surface area contributed by atoms with E-state index in [1.807, 2.05) is 0 Å². The fourth-order valence-corrected chi connectivity index (χ4v) is 5.54. The quantitative estimate of drug-likeness (QED) is 0.211. The van der Waals surface area contributed by atoms with Crippen molar-refractivity contribution in [3.63, 3.8) is 0 Å². The smallest absolute Gasteiger partial charge is 0.408 e. The number of amides is 4. The van der Waals surface area contributed by atoms with E-state index in [2.05, 4.69) is 21.3 Å². The Morgan fingerprint density at radius 3 is 2.24 bits per heavy atom. The summed E-state index contributed by atoms with van der Waals surface area (Å²) in [6, 6.07) is 7.58. The zero-order valence-electron chi connectivity index (χ0n) is 25.3. The Morgan fingerprint density at radius 1 is 0.978 bits per heavy atom. The molecule has 2 aromatic rings. The highest BCUT2D eigenvalue weighted by Gasteiger charge is 2.46. The highest BCUT2D eigenvalue weighted by molar-refractivity contribution is 6.38. The number of alkyl carbamates (subject to hydrolysis) is 1. The molecule has 2 fully saturated rings. The summed E-state index contributed by atoms with van der Waals surface area (Å²) in [6.45, 7) is 3.93. The molecule has 4 rings (SSSR count). The lowest BCUT2D eigenvalue weighted by molar-refractivity contribution is -0.141. The second-order valence-corrected chi connectivity index (χ2v) is 12.9. The van der Waals surface area contributed by atoms with Crippen LogP contribution in [0.3, 0.4) is 0 Å². The van der Waals surface area contributed by atoms with Gasteiger partial charge in [0.15, 0.2) is 6.10 Å². The first-order chi connectivity index (χ1) is 21.7. The molecule has 248 valence electrons. The molecular formula is C32H36Cl2F2N4O6. The number of hydrogen-bond acceptors (Lipinski definition) is 6. The van der Waals surface area contributed by atoms with Gasteiger partial charge in [0.1, 0.15) is 6.04 Å². The molecule has 4 atom stereocenters. The third-order valence-electron chi connectivity index (χ3n) is 7.68. The van der Waals surface area contributed by atoms with Crippen molar-refractivity contribution < 1.29 is 37.5 Å². The Balaban J connectivity index is 1.55. The van der Waals surface area contributed by atoms with Crippen molar-refractivity contribution in [2.24, 2.45) is 11.8 Å². The average Bonchev–Trinajstić information content (AvgIpc) is 3.72. The minimum atomic E-state index is -3.78. The van der Waals surface area contributed by atoms with Crippen molar-refractivity contribution in [2.45, 2.75) is 76.1 Å². The lowest BCUT2D eigenvalue weighted by Crippen LogP contribution is -2.55. The molecule has 4 N–H and O–H groups in total. The lowest BCUT2D eigenvalue weighted by Gasteiger charge is -2.29. The van der Waals surface area contributed by atoms with Crippen LogP contribution in [-0.4, -0.2) is 54.3 Å². The Morgan fingerprint density at radius 2 is 1.65 bits per heavy atom. The molecule has 0 spiro atoms. The first-order valence-electron chi connectivity index (χ1n) is 15.0. The summed E-state index contributed by atoms with van der Waals surface area (Å²) in [6.07, 6.45) is -1.73. The number of ether oxygens (including phenoxy) is 1. The van der Waals surface area contributed by atoms with E-state index in [1.165, 1.54) is 36.4 Å². The van der Waals surface area contributed by atoms with Gasteiger partial charge in [0.2, 0.25) is 17.6 Å². The van der Waals surface area contributed by atoms with Crippen LogP contribution in [0.25, 0.3) is 0 Å². The standard InChI is InChI=1S/C32H36Cl2F2N4O6/c1-17(2)13-25(29(43)39-24(15-19-11-12-37-28(19)42)26(41)30(44)38-23-9-10-23)40-31(45)46-27(18-5-3-7-21(33)14-18)32(35,36)20-6-4-8-22(34)16-20/h3-8,14,16-17,19,23-25,27H,9-13,15H2,1-2H3,(H,37,42)(H,38,44)(H,39,43)(H,40,45). The number of carbonyl (C=O) groups is 5. The Kier molecular flexibility index (Phi) is 11.6. The zero-order chi connectivity index (χ0) is 33.6. The number of halogens is 4. The van der Waals surface area contributed by atoms with Crippen molar-refractivity contribution in [1.82, 2.24) is 21.3 Å². The van der Waals surface area contributed by atoms with Gasteiger partial charge in [-0.2, -0.15) is 8.78 Å². The zero-order valence-corrected chi connectivity index (χ0v) is 26.8. The van der Waals surface area contributed by atoms with Crippen LogP contribution >= 0.6 is 23.2 Å². The molecule has 0 radical (unpaired) electrons. The summed E-state index contributed by atoms with van der Waals surface area (Å²) < 4.78 is 37.2. The molecule has 10 nitrogen and oxygen atoms in total. The molecule has 0 bridgehead atoms. The fourth-order valence-electron chi connectivity index (χ4n) is 5.16. The van der Waals surface area contributed by atoms with E-state index in [0.29, 0.717) is 13.0 Å². The second-order valence-electron chi connectivity index (χ2n) is 12.0. The summed E-state index contributed by atoms with van der Waals surface area (Å²) in [5.74, 6) is -7.53. The first-order valence-corrected chi connectivity index (χ1v) is 15.8. The number of hydrogen-bond donors (Lipinski definition) is 4. The van der Waals surface area contributed by atoms with E-state index >= 15 is 8.78 Å². The van der Waals surface area contributed by atoms with Crippen LogP contribution in [0.5, 0.6) is 0 Å². The van der Waals surface area contributed by atoms with Crippen LogP contribution in [0.4, 0.5) is 13.6 Å². The van der Waals surface area contributed by atoms with Crippen molar-refractivity contribution in [2.75, 3.05) is 6.54 Å². The molecule has 1 saturated heterocycles. The highest BCUT2D eigenvalue weighted by Crippen LogP contribution is 2.44. The maximum Gasteiger partial charge on any atom is 0.408 e. The van der Waals surface area contributed by atoms with Gasteiger partial charge in [0.05, 0.1) is 6.04 Å². The molecule has 1 heterocycles. The van der Waals surface area contributed by atoms with Crippen molar-refractivity contribution in [3.05, 3.63) is 69.7 Å². The summed E-state index contributed by atoms with van der Waals surface area (Å²) >= 11 is 12.0. The average molecular weight is 682 g/mol. The predicted molar refractivity (Wildman–Crippen MR) is 166 cm³/mol. The Hall–Kier alpha value is -3.77. The molecule has 0 aromatic heterocycles. The van der Waals surface area contributed by atoms with Gasteiger partial charge in [-0.05, 0) is 62.3 Å². The summed E-state index contributed by atoms with van der Waals surface area (Å²) in [4.78, 5) is 64.8. The largest absolute Gasteiger partial charge is 0.434 e. The monoisotopic (exact) mass is 680 g/mol. The van der Waals surface area contributed by atoms with E-state index in [4.69, 9.17) is 27.9 Å². The van der Waals surface area contributed by atoms with Crippen LogP contribution in [0, 0.1) is 11.8 Å². The van der Waals surface area contributed by atoms with Crippen LogP contribution in [-0.2, 0) is 29.8 Å². The molecule has 4 unspecified atom stereocenters. The van der Waals surface area contributed by atoms with Gasteiger partial charge >= 0.3 is 12.0 Å². The minimum Gasteiger partial charge on any atom is -0.434 e. The highest BCUT2D eigenvalue weighted by atomic mass is 35.5.